The van der Waals surface area contributed by atoms with Crippen LogP contribution in [0, 0.1) is 0 Å². The van der Waals surface area contributed by atoms with Crippen molar-refractivity contribution in [2.75, 3.05) is 42.7 Å². The molecule has 2 rings (SSSR count). The molecule has 28 heavy (non-hydrogen) atoms. The average molecular weight is 392 g/mol. The summed E-state index contributed by atoms with van der Waals surface area (Å²) in [5, 5.41) is 0. The van der Waals surface area contributed by atoms with Crippen molar-refractivity contribution in [3.63, 3.8) is 0 Å². The molecular weight excluding hydrogens is 364 g/mol. The van der Waals surface area contributed by atoms with Crippen molar-refractivity contribution in [1.82, 2.24) is 10.9 Å². The van der Waals surface area contributed by atoms with Crippen LogP contribution in [0.3, 0.4) is 0 Å². The summed E-state index contributed by atoms with van der Waals surface area (Å²) in [6.07, 6.45) is 0. The topological polar surface area (TPSA) is 79.4 Å². The molecule has 0 heterocycles. The normalized spacial score (nSPS) is 10.4. The Labute approximate surface area is 165 Å². The molecule has 2 aromatic rings. The van der Waals surface area contributed by atoms with Gasteiger partial charge in [-0.05, 0) is 35.4 Å². The second-order valence-corrected chi connectivity index (χ2v) is 5.77. The maximum atomic E-state index is 5.38. The van der Waals surface area contributed by atoms with E-state index < -0.39 is 0 Å². The van der Waals surface area contributed by atoms with Crippen LogP contribution in [0.1, 0.15) is 11.1 Å². The van der Waals surface area contributed by atoms with Gasteiger partial charge >= 0.3 is 0 Å². The zero-order chi connectivity index (χ0) is 20.5. The number of hydrogen-bond acceptors (Lipinski definition) is 8. The van der Waals surface area contributed by atoms with Crippen LogP contribution < -0.4 is 39.3 Å². The van der Waals surface area contributed by atoms with Gasteiger partial charge in [-0.3, -0.25) is 10.9 Å². The molecule has 0 spiro atoms. The van der Waals surface area contributed by atoms with E-state index in [1.165, 1.54) is 0 Å². The number of hydrogen-bond donors (Lipinski definition) is 2. The fourth-order valence-corrected chi connectivity index (χ4v) is 2.80. The zero-order valence-electron chi connectivity index (χ0n) is 17.2. The molecule has 154 valence electrons. The minimum atomic E-state index is 0.557. The molecule has 0 aliphatic rings. The number of rotatable bonds is 11. The number of hydrazine groups is 1. The second kappa shape index (κ2) is 10.5. The quantitative estimate of drug-likeness (QED) is 0.446. The van der Waals surface area contributed by atoms with Gasteiger partial charge in [-0.25, -0.2) is 0 Å². The Morgan fingerprint density at radius 3 is 1.00 bits per heavy atom. The van der Waals surface area contributed by atoms with Crippen LogP contribution in [0.2, 0.25) is 0 Å². The van der Waals surface area contributed by atoms with Gasteiger partial charge in [-0.2, -0.15) is 0 Å². The Morgan fingerprint density at radius 1 is 0.500 bits per heavy atom. The first-order valence-corrected chi connectivity index (χ1v) is 8.65. The molecule has 0 amide bonds. The lowest BCUT2D eigenvalue weighted by molar-refractivity contribution is 0.323. The van der Waals surface area contributed by atoms with E-state index in [-0.39, 0.29) is 0 Å². The van der Waals surface area contributed by atoms with Crippen LogP contribution in [0.25, 0.3) is 0 Å². The maximum Gasteiger partial charge on any atom is 0.203 e. The highest BCUT2D eigenvalue weighted by molar-refractivity contribution is 5.54. The van der Waals surface area contributed by atoms with Crippen LogP contribution in [0.5, 0.6) is 34.5 Å². The van der Waals surface area contributed by atoms with Crippen molar-refractivity contribution in [3.8, 4) is 34.5 Å². The number of methoxy groups -OCH3 is 6. The van der Waals surface area contributed by atoms with Gasteiger partial charge in [0.05, 0.1) is 42.7 Å². The van der Waals surface area contributed by atoms with E-state index in [0.717, 1.165) is 11.1 Å². The molecule has 0 saturated carbocycles. The maximum absolute atomic E-state index is 5.38. The summed E-state index contributed by atoms with van der Waals surface area (Å²) in [4.78, 5) is 0. The summed E-state index contributed by atoms with van der Waals surface area (Å²) in [7, 11) is 9.54. The zero-order valence-corrected chi connectivity index (χ0v) is 17.2. The third-order valence-electron chi connectivity index (χ3n) is 4.16. The van der Waals surface area contributed by atoms with Crippen molar-refractivity contribution >= 4 is 0 Å². The molecule has 0 bridgehead atoms. The lowest BCUT2D eigenvalue weighted by Gasteiger charge is -2.16. The van der Waals surface area contributed by atoms with Crippen LogP contribution in [-0.4, -0.2) is 42.7 Å². The summed E-state index contributed by atoms with van der Waals surface area (Å²) < 4.78 is 32.2. The van der Waals surface area contributed by atoms with E-state index in [4.69, 9.17) is 28.4 Å². The molecule has 2 aromatic carbocycles. The van der Waals surface area contributed by atoms with Crippen molar-refractivity contribution in [3.05, 3.63) is 35.4 Å². The van der Waals surface area contributed by atoms with E-state index >= 15 is 0 Å². The van der Waals surface area contributed by atoms with Gasteiger partial charge in [0.25, 0.3) is 0 Å². The summed E-state index contributed by atoms with van der Waals surface area (Å²) in [6.45, 7) is 1.11. The minimum Gasteiger partial charge on any atom is -0.493 e. The minimum absolute atomic E-state index is 0.557. The summed E-state index contributed by atoms with van der Waals surface area (Å²) in [5.74, 6) is 3.59. The van der Waals surface area contributed by atoms with E-state index in [0.29, 0.717) is 47.6 Å². The molecule has 0 fully saturated rings. The summed E-state index contributed by atoms with van der Waals surface area (Å²) >= 11 is 0. The SMILES string of the molecule is COc1cc(CNNCc2cc(OC)c(OC)c(OC)c2)cc(OC)c1OC. The average Bonchev–Trinajstić information content (AvgIpc) is 2.74. The fraction of sp³-hybridized carbons (Fsp3) is 0.400. The highest BCUT2D eigenvalue weighted by Gasteiger charge is 2.14. The monoisotopic (exact) mass is 392 g/mol. The third-order valence-corrected chi connectivity index (χ3v) is 4.16. The third kappa shape index (κ3) is 4.90. The fourth-order valence-electron chi connectivity index (χ4n) is 2.80. The van der Waals surface area contributed by atoms with Crippen LogP contribution in [0.15, 0.2) is 24.3 Å². The number of benzene rings is 2. The van der Waals surface area contributed by atoms with E-state index in [9.17, 15) is 0 Å². The first-order chi connectivity index (χ1) is 13.6. The Hall–Kier alpha value is -2.84. The molecule has 8 heteroatoms. The first-order valence-electron chi connectivity index (χ1n) is 8.65. The van der Waals surface area contributed by atoms with Gasteiger partial charge in [0, 0.05) is 13.1 Å². The van der Waals surface area contributed by atoms with Crippen molar-refractivity contribution in [2.45, 2.75) is 13.1 Å². The van der Waals surface area contributed by atoms with Gasteiger partial charge in [-0.15, -0.1) is 0 Å². The Kier molecular flexibility index (Phi) is 8.03. The van der Waals surface area contributed by atoms with E-state index in [1.807, 2.05) is 24.3 Å². The Balaban J connectivity index is 2.03. The Morgan fingerprint density at radius 2 is 0.786 bits per heavy atom. The first kappa shape index (κ1) is 21.5. The molecule has 0 aromatic heterocycles. The van der Waals surface area contributed by atoms with Crippen molar-refractivity contribution < 1.29 is 28.4 Å². The standard InChI is InChI=1S/C20H28N2O6/c1-23-15-7-13(8-16(24-2)19(15)27-5)11-21-22-12-14-9-17(25-3)20(28-6)18(10-14)26-4/h7-10,21-22H,11-12H2,1-6H3. The largest absolute Gasteiger partial charge is 0.493 e. The molecule has 0 atom stereocenters. The molecular formula is C20H28N2O6. The van der Waals surface area contributed by atoms with Crippen molar-refractivity contribution in [1.29, 1.82) is 0 Å². The molecule has 0 aliphatic carbocycles. The lowest BCUT2D eigenvalue weighted by atomic mass is 10.1. The molecule has 2 N–H and O–H groups in total. The van der Waals surface area contributed by atoms with Crippen LogP contribution >= 0.6 is 0 Å². The summed E-state index contributed by atoms with van der Waals surface area (Å²) in [6, 6.07) is 7.59. The van der Waals surface area contributed by atoms with Gasteiger partial charge in [-0.1, -0.05) is 0 Å². The van der Waals surface area contributed by atoms with Crippen molar-refractivity contribution in [2.24, 2.45) is 0 Å². The smallest absolute Gasteiger partial charge is 0.203 e. The molecule has 0 unspecified atom stereocenters. The van der Waals surface area contributed by atoms with Gasteiger partial charge < -0.3 is 28.4 Å². The van der Waals surface area contributed by atoms with Crippen LogP contribution in [-0.2, 0) is 13.1 Å². The second-order valence-electron chi connectivity index (χ2n) is 5.77. The molecule has 0 aliphatic heterocycles. The van der Waals surface area contributed by atoms with Gasteiger partial charge in [0.15, 0.2) is 23.0 Å². The van der Waals surface area contributed by atoms with E-state index in [2.05, 4.69) is 10.9 Å². The van der Waals surface area contributed by atoms with Crippen LogP contribution in [0.4, 0.5) is 0 Å². The predicted molar refractivity (Wildman–Crippen MR) is 106 cm³/mol. The number of ether oxygens (including phenoxy) is 6. The van der Waals surface area contributed by atoms with Gasteiger partial charge in [0.1, 0.15) is 0 Å². The highest BCUT2D eigenvalue weighted by Crippen LogP contribution is 2.39. The predicted octanol–water partition coefficient (Wildman–Crippen LogP) is 2.53. The molecule has 0 radical (unpaired) electrons. The summed E-state index contributed by atoms with van der Waals surface area (Å²) in [5.41, 5.74) is 8.32. The number of nitrogens with one attached hydrogen (secondary N) is 2. The lowest BCUT2D eigenvalue weighted by Crippen LogP contribution is -2.30. The molecule has 8 nitrogen and oxygen atoms in total. The molecule has 0 saturated heterocycles. The van der Waals surface area contributed by atoms with Gasteiger partial charge in [0.2, 0.25) is 11.5 Å². The Bertz CT molecular complexity index is 666. The highest BCUT2D eigenvalue weighted by atomic mass is 16.5. The van der Waals surface area contributed by atoms with E-state index in [1.54, 1.807) is 42.7 Å².